The topological polar surface area (TPSA) is 46.9 Å². The number of rotatable bonds is 2. The molecule has 0 bridgehead atoms. The lowest BCUT2D eigenvalue weighted by Crippen LogP contribution is -2.28. The first-order chi connectivity index (χ1) is 11.8. The normalized spacial score (nSPS) is 25.6. The quantitative estimate of drug-likeness (QED) is 0.878. The van der Waals surface area contributed by atoms with Crippen LogP contribution in [0, 0.1) is 0 Å². The molecule has 2 heterocycles. The van der Waals surface area contributed by atoms with Gasteiger partial charge in [-0.15, -0.1) is 0 Å². The summed E-state index contributed by atoms with van der Waals surface area (Å²) in [5, 5.41) is 4.06. The standard InChI is InChI=1S/C18H20ClF2N3O/c1-10(22-2)12-7-11(19)8-13-14(12)23-16-17(3-4-18(20,21)9-17)5-6-24(16)15(13)25/h7-8,10,22H,3-6,9H2,1-2H3/t10-,17-/m1/s1. The van der Waals surface area contributed by atoms with Crippen LogP contribution in [0.4, 0.5) is 8.78 Å². The summed E-state index contributed by atoms with van der Waals surface area (Å²) in [6, 6.07) is 3.36. The van der Waals surface area contributed by atoms with E-state index in [1.54, 1.807) is 16.7 Å². The van der Waals surface area contributed by atoms with Gasteiger partial charge in [-0.1, -0.05) is 11.6 Å². The molecule has 1 aliphatic heterocycles. The van der Waals surface area contributed by atoms with Gasteiger partial charge >= 0.3 is 0 Å². The van der Waals surface area contributed by atoms with Gasteiger partial charge < -0.3 is 5.32 Å². The number of fused-ring (bicyclic) bond motifs is 3. The van der Waals surface area contributed by atoms with Crippen LogP contribution >= 0.6 is 11.6 Å². The highest BCUT2D eigenvalue weighted by atomic mass is 35.5. The number of nitrogens with one attached hydrogen (secondary N) is 1. The minimum atomic E-state index is -2.68. The highest BCUT2D eigenvalue weighted by Gasteiger charge is 2.54. The minimum Gasteiger partial charge on any atom is -0.313 e. The number of alkyl halides is 2. The van der Waals surface area contributed by atoms with Crippen molar-refractivity contribution in [3.63, 3.8) is 0 Å². The monoisotopic (exact) mass is 367 g/mol. The predicted octanol–water partition coefficient (Wildman–Crippen LogP) is 3.79. The number of hydrogen-bond acceptors (Lipinski definition) is 3. The van der Waals surface area contributed by atoms with E-state index in [0.29, 0.717) is 41.1 Å². The Hall–Kier alpha value is -1.53. The van der Waals surface area contributed by atoms with Gasteiger partial charge in [0.2, 0.25) is 5.92 Å². The van der Waals surface area contributed by atoms with E-state index >= 15 is 0 Å². The zero-order valence-corrected chi connectivity index (χ0v) is 15.0. The zero-order valence-electron chi connectivity index (χ0n) is 14.2. The molecule has 1 aliphatic carbocycles. The molecular weight excluding hydrogens is 348 g/mol. The first-order valence-electron chi connectivity index (χ1n) is 8.56. The van der Waals surface area contributed by atoms with Crippen LogP contribution in [-0.4, -0.2) is 22.5 Å². The molecule has 1 N–H and O–H groups in total. The molecule has 4 nitrogen and oxygen atoms in total. The van der Waals surface area contributed by atoms with Crippen molar-refractivity contribution >= 4 is 22.5 Å². The molecule has 7 heteroatoms. The lowest BCUT2D eigenvalue weighted by Gasteiger charge is -2.23. The second-order valence-corrected chi connectivity index (χ2v) is 7.79. The number of halogens is 3. The SMILES string of the molecule is CN[C@H](C)c1cc(Cl)cc2c(=O)n3c(nc12)[C@@]1(CC3)CCC(F)(F)C1. The lowest BCUT2D eigenvalue weighted by atomic mass is 9.84. The minimum absolute atomic E-state index is 0.0569. The maximum Gasteiger partial charge on any atom is 0.261 e. The van der Waals surface area contributed by atoms with E-state index in [9.17, 15) is 13.6 Å². The second-order valence-electron chi connectivity index (χ2n) is 7.36. The summed E-state index contributed by atoms with van der Waals surface area (Å²) < 4.78 is 29.4. The third-order valence-electron chi connectivity index (χ3n) is 5.81. The lowest BCUT2D eigenvalue weighted by molar-refractivity contribution is 0.00242. The van der Waals surface area contributed by atoms with Gasteiger partial charge in [0.25, 0.3) is 5.56 Å². The van der Waals surface area contributed by atoms with Crippen LogP contribution in [0.15, 0.2) is 16.9 Å². The van der Waals surface area contributed by atoms with Crippen molar-refractivity contribution in [3.05, 3.63) is 38.9 Å². The van der Waals surface area contributed by atoms with Crippen LogP contribution < -0.4 is 10.9 Å². The fourth-order valence-electron chi connectivity index (χ4n) is 4.35. The summed E-state index contributed by atoms with van der Waals surface area (Å²) in [5.74, 6) is -2.16. The van der Waals surface area contributed by atoms with Gasteiger partial charge in [0.1, 0.15) is 5.82 Å². The van der Waals surface area contributed by atoms with Gasteiger partial charge in [0.05, 0.1) is 10.9 Å². The number of hydrogen-bond donors (Lipinski definition) is 1. The number of nitrogens with zero attached hydrogens (tertiary/aromatic N) is 2. The Morgan fingerprint density at radius 3 is 2.72 bits per heavy atom. The molecule has 2 aliphatic rings. The summed E-state index contributed by atoms with van der Waals surface area (Å²) in [4.78, 5) is 17.8. The Morgan fingerprint density at radius 1 is 1.32 bits per heavy atom. The van der Waals surface area contributed by atoms with Crippen molar-refractivity contribution in [1.29, 1.82) is 0 Å². The van der Waals surface area contributed by atoms with E-state index in [1.807, 2.05) is 14.0 Å². The average molecular weight is 368 g/mol. The summed E-state index contributed by atoms with van der Waals surface area (Å²) in [6.45, 7) is 2.40. The molecule has 134 valence electrons. The molecule has 4 rings (SSSR count). The molecule has 2 aromatic rings. The molecule has 1 fully saturated rings. The van der Waals surface area contributed by atoms with E-state index in [-0.39, 0.29) is 24.4 Å². The Bertz CT molecular complexity index is 927. The largest absolute Gasteiger partial charge is 0.313 e. The van der Waals surface area contributed by atoms with Gasteiger partial charge in [0.15, 0.2) is 0 Å². The number of benzene rings is 1. The predicted molar refractivity (Wildman–Crippen MR) is 93.6 cm³/mol. The van der Waals surface area contributed by atoms with Gasteiger partial charge in [-0.3, -0.25) is 9.36 Å². The van der Waals surface area contributed by atoms with Crippen LogP contribution in [0.1, 0.15) is 50.0 Å². The fourth-order valence-corrected chi connectivity index (χ4v) is 4.58. The molecule has 1 saturated carbocycles. The molecule has 1 aromatic heterocycles. The van der Waals surface area contributed by atoms with Crippen LogP contribution in [0.3, 0.4) is 0 Å². The fraction of sp³-hybridized carbons (Fsp3) is 0.556. The first kappa shape index (κ1) is 16.9. The van der Waals surface area contributed by atoms with E-state index in [4.69, 9.17) is 16.6 Å². The van der Waals surface area contributed by atoms with Crippen LogP contribution in [0.2, 0.25) is 5.02 Å². The Morgan fingerprint density at radius 2 is 2.08 bits per heavy atom. The Labute approximate surface area is 149 Å². The Kier molecular flexibility index (Phi) is 3.71. The molecule has 25 heavy (non-hydrogen) atoms. The summed E-state index contributed by atoms with van der Waals surface area (Å²) >= 11 is 6.20. The molecule has 0 saturated heterocycles. The second kappa shape index (κ2) is 5.48. The van der Waals surface area contributed by atoms with Gasteiger partial charge in [-0.05, 0) is 44.5 Å². The summed E-state index contributed by atoms with van der Waals surface area (Å²) in [5.41, 5.74) is 0.520. The van der Waals surface area contributed by atoms with E-state index in [1.165, 1.54) is 0 Å². The van der Waals surface area contributed by atoms with Gasteiger partial charge in [-0.25, -0.2) is 13.8 Å². The van der Waals surface area contributed by atoms with Crippen molar-refractivity contribution in [1.82, 2.24) is 14.9 Å². The molecule has 1 spiro atoms. The van der Waals surface area contributed by atoms with Gasteiger partial charge in [-0.2, -0.15) is 0 Å². The molecule has 0 amide bonds. The average Bonchev–Trinajstić information content (AvgIpc) is 3.07. The highest BCUT2D eigenvalue weighted by Crippen LogP contribution is 2.52. The van der Waals surface area contributed by atoms with E-state index < -0.39 is 11.3 Å². The van der Waals surface area contributed by atoms with Crippen molar-refractivity contribution < 1.29 is 8.78 Å². The molecular formula is C18H20ClF2N3O. The first-order valence-corrected chi connectivity index (χ1v) is 8.94. The van der Waals surface area contributed by atoms with Crippen molar-refractivity contribution in [2.24, 2.45) is 0 Å². The van der Waals surface area contributed by atoms with E-state index in [2.05, 4.69) is 5.32 Å². The zero-order chi connectivity index (χ0) is 18.0. The molecule has 0 radical (unpaired) electrons. The molecule has 1 aromatic carbocycles. The summed E-state index contributed by atoms with van der Waals surface area (Å²) in [6.07, 6.45) is 0.567. The number of aromatic nitrogens is 2. The molecule has 0 unspecified atom stereocenters. The smallest absolute Gasteiger partial charge is 0.261 e. The van der Waals surface area contributed by atoms with Gasteiger partial charge in [0, 0.05) is 35.9 Å². The van der Waals surface area contributed by atoms with E-state index in [0.717, 1.165) is 5.56 Å². The van der Waals surface area contributed by atoms with Crippen LogP contribution in [-0.2, 0) is 12.0 Å². The van der Waals surface area contributed by atoms with Crippen LogP contribution in [0.25, 0.3) is 10.9 Å². The maximum absolute atomic E-state index is 13.9. The van der Waals surface area contributed by atoms with Crippen molar-refractivity contribution in [2.45, 2.75) is 56.5 Å². The highest BCUT2D eigenvalue weighted by molar-refractivity contribution is 6.31. The summed E-state index contributed by atoms with van der Waals surface area (Å²) in [7, 11) is 1.82. The third kappa shape index (κ3) is 2.49. The van der Waals surface area contributed by atoms with Crippen LogP contribution in [0.5, 0.6) is 0 Å². The van der Waals surface area contributed by atoms with Crippen molar-refractivity contribution in [3.8, 4) is 0 Å². The third-order valence-corrected chi connectivity index (χ3v) is 6.03. The molecule has 2 atom stereocenters. The maximum atomic E-state index is 13.9. The Balaban J connectivity index is 2.00. The van der Waals surface area contributed by atoms with Crippen molar-refractivity contribution in [2.75, 3.05) is 7.05 Å².